The van der Waals surface area contributed by atoms with Gasteiger partial charge in [0.2, 0.25) is 0 Å². The summed E-state index contributed by atoms with van der Waals surface area (Å²) >= 11 is 0. The average molecular weight is 300 g/mol. The third-order valence-corrected chi connectivity index (χ3v) is 3.45. The summed E-state index contributed by atoms with van der Waals surface area (Å²) in [5.41, 5.74) is 2.32. The number of nitrogens with zero attached hydrogens (tertiary/aromatic N) is 1. The monoisotopic (exact) mass is 300 g/mol. The number of hydrogen-bond acceptors (Lipinski definition) is 3. The summed E-state index contributed by atoms with van der Waals surface area (Å²) in [6.07, 6.45) is 0. The van der Waals surface area contributed by atoms with Crippen LogP contribution < -0.4 is 15.6 Å². The SMILES string of the molecule is COc1cc(C)n(CCNC(=O)c2cccc(C)c2)c(=O)c1. The Bertz CT molecular complexity index is 735. The van der Waals surface area contributed by atoms with Crippen molar-refractivity contribution in [1.82, 2.24) is 9.88 Å². The molecule has 2 aromatic rings. The normalized spacial score (nSPS) is 10.3. The summed E-state index contributed by atoms with van der Waals surface area (Å²) in [6, 6.07) is 10.6. The quantitative estimate of drug-likeness (QED) is 0.917. The molecule has 22 heavy (non-hydrogen) atoms. The van der Waals surface area contributed by atoms with Crippen LogP contribution in [0.3, 0.4) is 0 Å². The largest absolute Gasteiger partial charge is 0.496 e. The molecule has 0 atom stereocenters. The number of nitrogens with one attached hydrogen (secondary N) is 1. The number of aromatic nitrogens is 1. The summed E-state index contributed by atoms with van der Waals surface area (Å²) < 4.78 is 6.67. The lowest BCUT2D eigenvalue weighted by Gasteiger charge is -2.12. The van der Waals surface area contributed by atoms with Crippen LogP contribution in [-0.4, -0.2) is 24.1 Å². The van der Waals surface area contributed by atoms with Crippen LogP contribution in [0.15, 0.2) is 41.2 Å². The predicted octanol–water partition coefficient (Wildman–Crippen LogP) is 1.90. The van der Waals surface area contributed by atoms with Crippen molar-refractivity contribution in [1.29, 1.82) is 0 Å². The van der Waals surface area contributed by atoms with Gasteiger partial charge in [-0.1, -0.05) is 17.7 Å². The van der Waals surface area contributed by atoms with Crippen molar-refractivity contribution in [3.8, 4) is 5.75 Å². The van der Waals surface area contributed by atoms with Gasteiger partial charge in [-0.3, -0.25) is 9.59 Å². The lowest BCUT2D eigenvalue weighted by molar-refractivity contribution is 0.0952. The Balaban J connectivity index is 2.00. The second-order valence-electron chi connectivity index (χ2n) is 5.15. The van der Waals surface area contributed by atoms with Gasteiger partial charge < -0.3 is 14.6 Å². The highest BCUT2D eigenvalue weighted by Gasteiger charge is 2.07. The molecule has 1 amide bonds. The first-order valence-electron chi connectivity index (χ1n) is 7.11. The molecule has 0 fully saturated rings. The molecule has 0 spiro atoms. The molecule has 5 heteroatoms. The fourth-order valence-corrected chi connectivity index (χ4v) is 2.27. The summed E-state index contributed by atoms with van der Waals surface area (Å²) in [5, 5.41) is 2.83. The summed E-state index contributed by atoms with van der Waals surface area (Å²) in [4.78, 5) is 24.0. The number of rotatable bonds is 5. The molecule has 0 saturated carbocycles. The first-order valence-corrected chi connectivity index (χ1v) is 7.11. The Morgan fingerprint density at radius 1 is 1.23 bits per heavy atom. The van der Waals surface area contributed by atoms with Crippen LogP contribution in [0, 0.1) is 13.8 Å². The Labute approximate surface area is 129 Å². The van der Waals surface area contributed by atoms with Crippen molar-refractivity contribution < 1.29 is 9.53 Å². The molecule has 5 nitrogen and oxygen atoms in total. The van der Waals surface area contributed by atoms with Crippen LogP contribution in [0.1, 0.15) is 21.6 Å². The van der Waals surface area contributed by atoms with E-state index in [1.807, 2.05) is 32.0 Å². The molecule has 1 heterocycles. The van der Waals surface area contributed by atoms with E-state index in [4.69, 9.17) is 4.74 Å². The van der Waals surface area contributed by atoms with Crippen LogP contribution in [0.5, 0.6) is 5.75 Å². The number of benzene rings is 1. The van der Waals surface area contributed by atoms with Gasteiger partial charge in [-0.25, -0.2) is 0 Å². The van der Waals surface area contributed by atoms with Crippen molar-refractivity contribution in [2.75, 3.05) is 13.7 Å². The highest BCUT2D eigenvalue weighted by atomic mass is 16.5. The zero-order chi connectivity index (χ0) is 16.1. The molecule has 0 radical (unpaired) electrons. The second kappa shape index (κ2) is 6.93. The zero-order valence-electron chi connectivity index (χ0n) is 13.1. The number of pyridine rings is 1. The van der Waals surface area contributed by atoms with Gasteiger partial charge in [0.05, 0.1) is 7.11 Å². The maximum absolute atomic E-state index is 12.0. The molecular formula is C17H20N2O3. The predicted molar refractivity (Wildman–Crippen MR) is 85.5 cm³/mol. The molecule has 0 saturated heterocycles. The lowest BCUT2D eigenvalue weighted by atomic mass is 10.1. The van der Waals surface area contributed by atoms with Crippen molar-refractivity contribution >= 4 is 5.91 Å². The van der Waals surface area contributed by atoms with E-state index in [0.29, 0.717) is 24.4 Å². The standard InChI is InChI=1S/C17H20N2O3/c1-12-5-4-6-14(9-12)17(21)18-7-8-19-13(2)10-15(22-3)11-16(19)20/h4-6,9-11H,7-8H2,1-3H3,(H,18,21). The average Bonchev–Trinajstić information content (AvgIpc) is 2.49. The smallest absolute Gasteiger partial charge is 0.254 e. The molecule has 0 bridgehead atoms. The Hall–Kier alpha value is -2.56. The number of carbonyl (C=O) groups is 1. The third kappa shape index (κ3) is 3.75. The van der Waals surface area contributed by atoms with E-state index in [1.165, 1.54) is 13.2 Å². The molecule has 0 unspecified atom stereocenters. The van der Waals surface area contributed by atoms with Crippen molar-refractivity contribution in [2.24, 2.45) is 0 Å². The van der Waals surface area contributed by atoms with Gasteiger partial charge >= 0.3 is 0 Å². The van der Waals surface area contributed by atoms with Crippen LogP contribution >= 0.6 is 0 Å². The minimum absolute atomic E-state index is 0.136. The summed E-state index contributed by atoms with van der Waals surface area (Å²) in [5.74, 6) is 0.408. The molecule has 2 rings (SSSR count). The van der Waals surface area contributed by atoms with E-state index in [0.717, 1.165) is 11.3 Å². The molecule has 116 valence electrons. The van der Waals surface area contributed by atoms with Gasteiger partial charge in [0.15, 0.2) is 0 Å². The molecule has 0 aliphatic heterocycles. The van der Waals surface area contributed by atoms with Crippen LogP contribution in [-0.2, 0) is 6.54 Å². The van der Waals surface area contributed by atoms with Gasteiger partial charge in [-0.05, 0) is 32.0 Å². The molecule has 1 aromatic heterocycles. The lowest BCUT2D eigenvalue weighted by Crippen LogP contribution is -2.31. The molecule has 1 aromatic carbocycles. The first kappa shape index (κ1) is 15.8. The highest BCUT2D eigenvalue weighted by molar-refractivity contribution is 5.94. The number of ether oxygens (including phenoxy) is 1. The summed E-state index contributed by atoms with van der Waals surface area (Å²) in [6.45, 7) is 4.59. The van der Waals surface area contributed by atoms with Crippen LogP contribution in [0.25, 0.3) is 0 Å². The van der Waals surface area contributed by atoms with Crippen LogP contribution in [0.4, 0.5) is 0 Å². The zero-order valence-corrected chi connectivity index (χ0v) is 13.1. The molecular weight excluding hydrogens is 280 g/mol. The van der Waals surface area contributed by atoms with Crippen molar-refractivity contribution in [3.05, 3.63) is 63.6 Å². The van der Waals surface area contributed by atoms with E-state index in [-0.39, 0.29) is 11.5 Å². The van der Waals surface area contributed by atoms with Crippen molar-refractivity contribution in [2.45, 2.75) is 20.4 Å². The number of carbonyl (C=O) groups excluding carboxylic acids is 1. The molecule has 1 N–H and O–H groups in total. The topological polar surface area (TPSA) is 60.3 Å². The van der Waals surface area contributed by atoms with E-state index >= 15 is 0 Å². The van der Waals surface area contributed by atoms with Gasteiger partial charge in [0.25, 0.3) is 11.5 Å². The minimum Gasteiger partial charge on any atom is -0.496 e. The third-order valence-electron chi connectivity index (χ3n) is 3.45. The van der Waals surface area contributed by atoms with Gasteiger partial charge in [0.1, 0.15) is 5.75 Å². The van der Waals surface area contributed by atoms with E-state index in [2.05, 4.69) is 5.32 Å². The van der Waals surface area contributed by atoms with E-state index < -0.39 is 0 Å². The van der Waals surface area contributed by atoms with E-state index in [9.17, 15) is 9.59 Å². The van der Waals surface area contributed by atoms with Gasteiger partial charge in [0, 0.05) is 30.4 Å². The Morgan fingerprint density at radius 3 is 2.64 bits per heavy atom. The number of methoxy groups -OCH3 is 1. The van der Waals surface area contributed by atoms with Crippen LogP contribution in [0.2, 0.25) is 0 Å². The van der Waals surface area contributed by atoms with Gasteiger partial charge in [-0.15, -0.1) is 0 Å². The van der Waals surface area contributed by atoms with E-state index in [1.54, 1.807) is 16.7 Å². The fourth-order valence-electron chi connectivity index (χ4n) is 2.27. The number of aryl methyl sites for hydroxylation is 2. The Kier molecular flexibility index (Phi) is 4.99. The maximum Gasteiger partial charge on any atom is 0.254 e. The molecule has 0 aliphatic rings. The highest BCUT2D eigenvalue weighted by Crippen LogP contribution is 2.08. The Morgan fingerprint density at radius 2 is 2.00 bits per heavy atom. The number of amides is 1. The van der Waals surface area contributed by atoms with Crippen molar-refractivity contribution in [3.63, 3.8) is 0 Å². The fraction of sp³-hybridized carbons (Fsp3) is 0.294. The number of hydrogen-bond donors (Lipinski definition) is 1. The minimum atomic E-state index is -0.137. The maximum atomic E-state index is 12.0. The van der Waals surface area contributed by atoms with Gasteiger partial charge in [-0.2, -0.15) is 0 Å². The first-order chi connectivity index (χ1) is 10.5. The second-order valence-corrected chi connectivity index (χ2v) is 5.15. The summed E-state index contributed by atoms with van der Waals surface area (Å²) in [7, 11) is 1.53. The molecule has 0 aliphatic carbocycles.